The fourth-order valence-electron chi connectivity index (χ4n) is 8.99. The first kappa shape index (κ1) is 59.7. The van der Waals surface area contributed by atoms with E-state index in [1.54, 1.807) is 0 Å². The summed E-state index contributed by atoms with van der Waals surface area (Å²) in [5, 5.41) is 26.3. The molecule has 4 atom stereocenters. The maximum Gasteiger partial charge on any atom is 0.305 e. The van der Waals surface area contributed by atoms with E-state index in [0.717, 1.165) is 154 Å². The van der Waals surface area contributed by atoms with Gasteiger partial charge in [0.25, 0.3) is 0 Å². The summed E-state index contributed by atoms with van der Waals surface area (Å²) in [7, 11) is 0. The van der Waals surface area contributed by atoms with Gasteiger partial charge in [-0.25, -0.2) is 0 Å². The molecular formula is C52H100N4O8. The standard InChI is InChI=1S/C52H100N4O8/c1-45-29-21-13-5-9-17-25-33-49(59)55(39-41-57)47(3)31-23-15-7-10-18-26-34-50(60)56(40-42-58)48(4)32-24-16-8-12-20-28-36-52(62)64-44-38-54-46(2)30-22-14-6-11-19-27-35-51(61)63-43-37-53-45/h45-48,53-54,57-58H,5-44H2,1-4H3/t45-,46?,47-,48-/m1/s1. The molecule has 4 N–H and O–H groups in total. The molecule has 12 heteroatoms. The number of hydrogen-bond acceptors (Lipinski definition) is 10. The first-order valence-electron chi connectivity index (χ1n) is 26.7. The van der Waals surface area contributed by atoms with Gasteiger partial charge in [-0.3, -0.25) is 19.2 Å². The maximum atomic E-state index is 13.1. The van der Waals surface area contributed by atoms with Gasteiger partial charge >= 0.3 is 11.9 Å². The van der Waals surface area contributed by atoms with E-state index in [2.05, 4.69) is 38.3 Å². The van der Waals surface area contributed by atoms with E-state index in [-0.39, 0.29) is 49.1 Å². The summed E-state index contributed by atoms with van der Waals surface area (Å²) in [6.45, 7) is 11.5. The van der Waals surface area contributed by atoms with Crippen LogP contribution in [-0.2, 0) is 28.7 Å². The van der Waals surface area contributed by atoms with Gasteiger partial charge in [0.05, 0.1) is 13.2 Å². The second-order valence-corrected chi connectivity index (χ2v) is 19.1. The molecule has 0 radical (unpaired) electrons. The predicted octanol–water partition coefficient (Wildman–Crippen LogP) is 9.94. The van der Waals surface area contributed by atoms with Crippen LogP contribution in [0.4, 0.5) is 0 Å². The summed E-state index contributed by atoms with van der Waals surface area (Å²) in [4.78, 5) is 54.4. The van der Waals surface area contributed by atoms with Crippen molar-refractivity contribution in [3.05, 3.63) is 0 Å². The van der Waals surface area contributed by atoms with Gasteiger partial charge in [0.2, 0.25) is 11.8 Å². The molecule has 0 aromatic carbocycles. The molecule has 64 heavy (non-hydrogen) atoms. The lowest BCUT2D eigenvalue weighted by atomic mass is 10.0. The number of carbonyl (C=O) groups excluding carboxylic acids is 4. The fourth-order valence-corrected chi connectivity index (χ4v) is 8.99. The number of esters is 2. The molecule has 0 aliphatic carbocycles. The zero-order valence-corrected chi connectivity index (χ0v) is 41.8. The molecule has 1 aliphatic heterocycles. The maximum absolute atomic E-state index is 13.1. The number of amides is 2. The number of cyclic esters (lactones) is 2. The predicted molar refractivity (Wildman–Crippen MR) is 261 cm³/mol. The molecule has 376 valence electrons. The normalized spacial score (nSPS) is 26.0. The first-order valence-corrected chi connectivity index (χ1v) is 26.7. The Morgan fingerprint density at radius 2 is 0.703 bits per heavy atom. The van der Waals surface area contributed by atoms with Crippen LogP contribution in [0.5, 0.6) is 0 Å². The van der Waals surface area contributed by atoms with Crippen LogP contribution in [0.25, 0.3) is 0 Å². The van der Waals surface area contributed by atoms with E-state index in [1.165, 1.54) is 25.7 Å². The minimum absolute atomic E-state index is 0.0122. The number of carbonyl (C=O) groups is 4. The Labute approximate surface area is 391 Å². The summed E-state index contributed by atoms with van der Waals surface area (Å²) < 4.78 is 10.9. The minimum Gasteiger partial charge on any atom is -0.464 e. The minimum atomic E-state index is -0.114. The number of rotatable bonds is 4. The van der Waals surface area contributed by atoms with E-state index < -0.39 is 0 Å². The van der Waals surface area contributed by atoms with Gasteiger partial charge < -0.3 is 40.1 Å². The molecule has 12 nitrogen and oxygen atoms in total. The number of hydrogen-bond donors (Lipinski definition) is 4. The van der Waals surface area contributed by atoms with Crippen molar-refractivity contribution in [2.45, 2.75) is 257 Å². The van der Waals surface area contributed by atoms with Crippen molar-refractivity contribution in [2.24, 2.45) is 0 Å². The largest absolute Gasteiger partial charge is 0.464 e. The van der Waals surface area contributed by atoms with E-state index in [0.29, 0.717) is 77.2 Å². The molecule has 0 bridgehead atoms. The van der Waals surface area contributed by atoms with E-state index >= 15 is 0 Å². The van der Waals surface area contributed by atoms with Crippen LogP contribution in [-0.4, -0.2) is 121 Å². The van der Waals surface area contributed by atoms with Crippen molar-refractivity contribution in [1.29, 1.82) is 0 Å². The Bertz CT molecular complexity index is 1140. The van der Waals surface area contributed by atoms with Gasteiger partial charge in [-0.05, 0) is 79.1 Å². The van der Waals surface area contributed by atoms with Crippen LogP contribution >= 0.6 is 0 Å². The zero-order valence-electron chi connectivity index (χ0n) is 41.8. The van der Waals surface area contributed by atoms with Crippen molar-refractivity contribution < 1.29 is 38.9 Å². The quantitative estimate of drug-likeness (QED) is 0.200. The van der Waals surface area contributed by atoms with Crippen molar-refractivity contribution in [3.8, 4) is 0 Å². The zero-order chi connectivity index (χ0) is 46.9. The molecule has 1 heterocycles. The number of nitrogens with zero attached hydrogens (tertiary/aromatic N) is 2. The highest BCUT2D eigenvalue weighted by Gasteiger charge is 2.20. The lowest BCUT2D eigenvalue weighted by Gasteiger charge is -2.29. The molecule has 0 aromatic heterocycles. The summed E-state index contributed by atoms with van der Waals surface area (Å²) in [5.41, 5.74) is 0. The number of β-amino-alcohol motifs (C(OH)–C–C–N with tert-alkyl or cyclic N) is 2. The molecule has 2 amide bonds. The highest BCUT2D eigenvalue weighted by molar-refractivity contribution is 5.77. The summed E-state index contributed by atoms with van der Waals surface area (Å²) in [6.07, 6.45) is 31.7. The van der Waals surface area contributed by atoms with Gasteiger partial charge in [0, 0.05) is 76.0 Å². The Hall–Kier alpha value is -2.28. The smallest absolute Gasteiger partial charge is 0.305 e. The lowest BCUT2D eigenvalue weighted by Crippen LogP contribution is -2.40. The fraction of sp³-hybridized carbons (Fsp3) is 0.923. The van der Waals surface area contributed by atoms with Crippen molar-refractivity contribution in [1.82, 2.24) is 20.4 Å². The molecule has 1 unspecified atom stereocenters. The molecule has 0 aromatic rings. The third-order valence-corrected chi connectivity index (χ3v) is 13.2. The number of ether oxygens (including phenoxy) is 2. The number of nitrogens with one attached hydrogen (secondary N) is 2. The number of aliphatic hydroxyl groups excluding tert-OH is 2. The van der Waals surface area contributed by atoms with E-state index in [4.69, 9.17) is 9.47 Å². The van der Waals surface area contributed by atoms with Crippen molar-refractivity contribution in [3.63, 3.8) is 0 Å². The third kappa shape index (κ3) is 34.1. The SMILES string of the molecule is CC1CCCCCCCCC(=O)OCCN[C@H](C)CCCCCCCCC(=O)N(CCO)[C@H](C)CCCCCCCCC(=O)N(CCO)[C@H](C)CCCCCCCCC(=O)OCCN1. The molecule has 1 rings (SSSR count). The van der Waals surface area contributed by atoms with Gasteiger partial charge in [-0.1, -0.05) is 128 Å². The summed E-state index contributed by atoms with van der Waals surface area (Å²) in [6, 6.07) is 1.00. The Balaban J connectivity index is 2.49. The van der Waals surface area contributed by atoms with Gasteiger partial charge in [0.15, 0.2) is 0 Å². The van der Waals surface area contributed by atoms with Crippen molar-refractivity contribution >= 4 is 23.8 Å². The average molecular weight is 909 g/mol. The van der Waals surface area contributed by atoms with E-state index in [9.17, 15) is 29.4 Å². The second kappa shape index (κ2) is 42.1. The first-order chi connectivity index (χ1) is 31.1. The number of aliphatic hydroxyl groups is 2. The Morgan fingerprint density at radius 1 is 0.422 bits per heavy atom. The van der Waals surface area contributed by atoms with Crippen LogP contribution in [0, 0.1) is 0 Å². The average Bonchev–Trinajstić information content (AvgIpc) is 3.27. The summed E-state index contributed by atoms with van der Waals surface area (Å²) >= 11 is 0. The van der Waals surface area contributed by atoms with Crippen molar-refractivity contribution in [2.75, 3.05) is 52.6 Å². The monoisotopic (exact) mass is 909 g/mol. The van der Waals surface area contributed by atoms with Crippen LogP contribution < -0.4 is 10.6 Å². The molecule has 1 fully saturated rings. The van der Waals surface area contributed by atoms with Gasteiger partial charge in [-0.15, -0.1) is 0 Å². The summed E-state index contributed by atoms with van der Waals surface area (Å²) in [5.74, 6) is 0.0892. The Morgan fingerprint density at radius 3 is 1.03 bits per heavy atom. The highest BCUT2D eigenvalue weighted by atomic mass is 16.5. The molecule has 0 spiro atoms. The van der Waals surface area contributed by atoms with Crippen LogP contribution in [0.2, 0.25) is 0 Å². The van der Waals surface area contributed by atoms with Crippen LogP contribution in [0.1, 0.15) is 233 Å². The molecule has 0 saturated carbocycles. The lowest BCUT2D eigenvalue weighted by molar-refractivity contribution is -0.144. The molecule has 1 aliphatic rings. The third-order valence-electron chi connectivity index (χ3n) is 13.2. The molecule has 1 saturated heterocycles. The van der Waals surface area contributed by atoms with Crippen LogP contribution in [0.15, 0.2) is 0 Å². The topological polar surface area (TPSA) is 158 Å². The van der Waals surface area contributed by atoms with Gasteiger partial charge in [0.1, 0.15) is 13.2 Å². The highest BCUT2D eigenvalue weighted by Crippen LogP contribution is 2.18. The second-order valence-electron chi connectivity index (χ2n) is 19.1. The van der Waals surface area contributed by atoms with Gasteiger partial charge in [-0.2, -0.15) is 0 Å². The van der Waals surface area contributed by atoms with Crippen LogP contribution in [0.3, 0.4) is 0 Å². The Kier molecular flexibility index (Phi) is 39.3. The molecular weight excluding hydrogens is 809 g/mol. The van der Waals surface area contributed by atoms with E-state index in [1.807, 2.05) is 9.80 Å².